The van der Waals surface area contributed by atoms with Crippen molar-refractivity contribution in [3.8, 4) is 5.75 Å². The highest BCUT2D eigenvalue weighted by Crippen LogP contribution is 2.27. The molecule has 0 unspecified atom stereocenters. The predicted octanol–water partition coefficient (Wildman–Crippen LogP) is 3.21. The van der Waals surface area contributed by atoms with Crippen molar-refractivity contribution < 1.29 is 14.3 Å². The van der Waals surface area contributed by atoms with Crippen LogP contribution in [0.5, 0.6) is 5.75 Å². The number of anilines is 2. The Morgan fingerprint density at radius 2 is 1.89 bits per heavy atom. The Labute approximate surface area is 165 Å². The largest absolute Gasteiger partial charge is 0.492 e. The van der Waals surface area contributed by atoms with Crippen LogP contribution in [0, 0.1) is 0 Å². The van der Waals surface area contributed by atoms with E-state index in [4.69, 9.17) is 9.47 Å². The molecule has 1 fully saturated rings. The number of para-hydroxylation sites is 2. The lowest BCUT2D eigenvalue weighted by molar-refractivity contribution is 0.123. The summed E-state index contributed by atoms with van der Waals surface area (Å²) < 4.78 is 11.2. The van der Waals surface area contributed by atoms with Crippen LogP contribution in [0.4, 0.5) is 16.2 Å². The number of morpholine rings is 1. The Bertz CT molecular complexity index is 818. The molecule has 0 atom stereocenters. The average molecular weight is 381 g/mol. The summed E-state index contributed by atoms with van der Waals surface area (Å²) in [6.07, 6.45) is 3.53. The Kier molecular flexibility index (Phi) is 5.97. The van der Waals surface area contributed by atoms with Crippen molar-refractivity contribution in [3.63, 3.8) is 0 Å². The van der Waals surface area contributed by atoms with Crippen LogP contribution >= 0.6 is 0 Å². The maximum absolute atomic E-state index is 12.3. The van der Waals surface area contributed by atoms with Crippen molar-refractivity contribution in [3.05, 3.63) is 53.6 Å². The molecule has 2 amide bonds. The number of benzene rings is 2. The van der Waals surface area contributed by atoms with Gasteiger partial charge in [-0.1, -0.05) is 18.2 Å². The molecule has 6 heteroatoms. The number of nitrogens with one attached hydrogen (secondary N) is 2. The molecule has 2 aromatic carbocycles. The zero-order valence-electron chi connectivity index (χ0n) is 16.1. The van der Waals surface area contributed by atoms with Crippen molar-refractivity contribution in [2.75, 3.05) is 49.7 Å². The number of ether oxygens (including phenoxy) is 2. The smallest absolute Gasteiger partial charge is 0.319 e. The summed E-state index contributed by atoms with van der Waals surface area (Å²) in [4.78, 5) is 14.5. The molecule has 28 heavy (non-hydrogen) atoms. The molecule has 2 N–H and O–H groups in total. The van der Waals surface area contributed by atoms with E-state index in [1.54, 1.807) is 0 Å². The first-order valence-electron chi connectivity index (χ1n) is 10.0. The molecule has 2 aliphatic rings. The summed E-state index contributed by atoms with van der Waals surface area (Å²) in [5, 5.41) is 5.82. The molecule has 148 valence electrons. The van der Waals surface area contributed by atoms with Gasteiger partial charge in [-0.15, -0.1) is 0 Å². The van der Waals surface area contributed by atoms with Crippen molar-refractivity contribution in [1.29, 1.82) is 0 Å². The molecule has 4 rings (SSSR count). The van der Waals surface area contributed by atoms with Gasteiger partial charge in [0.25, 0.3) is 0 Å². The van der Waals surface area contributed by atoms with Gasteiger partial charge in [0, 0.05) is 13.1 Å². The number of hydrogen-bond donors (Lipinski definition) is 2. The second-order valence-corrected chi connectivity index (χ2v) is 7.13. The van der Waals surface area contributed by atoms with E-state index in [1.165, 1.54) is 24.0 Å². The van der Waals surface area contributed by atoms with E-state index in [0.29, 0.717) is 26.4 Å². The molecule has 0 saturated carbocycles. The first kappa shape index (κ1) is 18.6. The number of urea groups is 1. The Balaban J connectivity index is 1.25. The summed E-state index contributed by atoms with van der Waals surface area (Å²) in [6.45, 7) is 3.96. The van der Waals surface area contributed by atoms with Crippen LogP contribution in [0.25, 0.3) is 0 Å². The first-order valence-corrected chi connectivity index (χ1v) is 10.0. The molecule has 0 aromatic heterocycles. The van der Waals surface area contributed by atoms with E-state index in [1.807, 2.05) is 30.3 Å². The summed E-state index contributed by atoms with van der Waals surface area (Å²) in [5.41, 5.74) is 4.66. The van der Waals surface area contributed by atoms with E-state index >= 15 is 0 Å². The second-order valence-electron chi connectivity index (χ2n) is 7.13. The van der Waals surface area contributed by atoms with Gasteiger partial charge in [-0.25, -0.2) is 4.79 Å². The van der Waals surface area contributed by atoms with Crippen molar-refractivity contribution in [2.24, 2.45) is 0 Å². The molecule has 6 nitrogen and oxygen atoms in total. The fourth-order valence-electron chi connectivity index (χ4n) is 3.80. The standard InChI is InChI=1S/C22H27N3O3/c26-22(23-10-13-28-19-9-8-17-4-3-5-18(17)16-19)24-20-6-1-2-7-21(20)25-11-14-27-15-12-25/h1-2,6-9,16H,3-5,10-15H2,(H2,23,24,26). The van der Waals surface area contributed by atoms with E-state index in [2.05, 4.69) is 27.7 Å². The molecule has 0 bridgehead atoms. The van der Waals surface area contributed by atoms with Crippen LogP contribution in [0.15, 0.2) is 42.5 Å². The van der Waals surface area contributed by atoms with Crippen LogP contribution in [-0.2, 0) is 17.6 Å². The van der Waals surface area contributed by atoms with Gasteiger partial charge < -0.3 is 25.0 Å². The molecule has 2 aromatic rings. The Hall–Kier alpha value is -2.73. The topological polar surface area (TPSA) is 62.8 Å². The maximum atomic E-state index is 12.3. The summed E-state index contributed by atoms with van der Waals surface area (Å²) in [7, 11) is 0. The second kappa shape index (κ2) is 8.97. The minimum atomic E-state index is -0.224. The van der Waals surface area contributed by atoms with Crippen molar-refractivity contribution in [1.82, 2.24) is 5.32 Å². The van der Waals surface area contributed by atoms with Gasteiger partial charge in [0.15, 0.2) is 0 Å². The minimum Gasteiger partial charge on any atom is -0.492 e. The van der Waals surface area contributed by atoms with Gasteiger partial charge in [-0.3, -0.25) is 0 Å². The Morgan fingerprint density at radius 1 is 1.07 bits per heavy atom. The molecular weight excluding hydrogens is 354 g/mol. The van der Waals surface area contributed by atoms with Crippen molar-refractivity contribution in [2.45, 2.75) is 19.3 Å². The fourth-order valence-corrected chi connectivity index (χ4v) is 3.80. The minimum absolute atomic E-state index is 0.224. The molecule has 0 spiro atoms. The number of nitrogens with zero attached hydrogens (tertiary/aromatic N) is 1. The predicted molar refractivity (Wildman–Crippen MR) is 110 cm³/mol. The molecule has 1 aliphatic heterocycles. The number of carbonyl (C=O) groups is 1. The van der Waals surface area contributed by atoms with Crippen LogP contribution in [0.1, 0.15) is 17.5 Å². The third kappa shape index (κ3) is 4.57. The number of fused-ring (bicyclic) bond motifs is 1. The van der Waals surface area contributed by atoms with Crippen LogP contribution in [0.2, 0.25) is 0 Å². The summed E-state index contributed by atoms with van der Waals surface area (Å²) in [6, 6.07) is 13.9. The first-order chi connectivity index (χ1) is 13.8. The van der Waals surface area contributed by atoms with Crippen molar-refractivity contribution >= 4 is 17.4 Å². The lowest BCUT2D eigenvalue weighted by atomic mass is 10.1. The number of carbonyl (C=O) groups excluding carboxylic acids is 1. The number of aryl methyl sites for hydroxylation is 2. The SMILES string of the molecule is O=C(NCCOc1ccc2c(c1)CCC2)Nc1ccccc1N1CCOCC1. The van der Waals surface area contributed by atoms with Gasteiger partial charge >= 0.3 is 6.03 Å². The molecule has 1 heterocycles. The third-order valence-corrected chi connectivity index (χ3v) is 5.23. The lowest BCUT2D eigenvalue weighted by Gasteiger charge is -2.30. The molecular formula is C22H27N3O3. The monoisotopic (exact) mass is 381 g/mol. The molecule has 0 radical (unpaired) electrons. The maximum Gasteiger partial charge on any atom is 0.319 e. The number of rotatable bonds is 6. The van der Waals surface area contributed by atoms with Gasteiger partial charge in [0.2, 0.25) is 0 Å². The van der Waals surface area contributed by atoms with Gasteiger partial charge in [0.1, 0.15) is 12.4 Å². The highest BCUT2D eigenvalue weighted by atomic mass is 16.5. The third-order valence-electron chi connectivity index (χ3n) is 5.23. The highest BCUT2D eigenvalue weighted by molar-refractivity contribution is 5.93. The zero-order valence-corrected chi connectivity index (χ0v) is 16.1. The average Bonchev–Trinajstić information content (AvgIpc) is 3.20. The molecule has 1 aliphatic carbocycles. The summed E-state index contributed by atoms with van der Waals surface area (Å²) >= 11 is 0. The quantitative estimate of drug-likeness (QED) is 0.755. The lowest BCUT2D eigenvalue weighted by Crippen LogP contribution is -2.37. The van der Waals surface area contributed by atoms with E-state index in [-0.39, 0.29) is 6.03 Å². The van der Waals surface area contributed by atoms with E-state index in [9.17, 15) is 4.79 Å². The van der Waals surface area contributed by atoms with Crippen LogP contribution in [-0.4, -0.2) is 45.5 Å². The summed E-state index contributed by atoms with van der Waals surface area (Å²) in [5.74, 6) is 0.875. The highest BCUT2D eigenvalue weighted by Gasteiger charge is 2.15. The van der Waals surface area contributed by atoms with Gasteiger partial charge in [0.05, 0.1) is 31.1 Å². The van der Waals surface area contributed by atoms with E-state index in [0.717, 1.165) is 36.6 Å². The van der Waals surface area contributed by atoms with Crippen LogP contribution in [0.3, 0.4) is 0 Å². The van der Waals surface area contributed by atoms with E-state index < -0.39 is 0 Å². The fraction of sp³-hybridized carbons (Fsp3) is 0.409. The van der Waals surface area contributed by atoms with Gasteiger partial charge in [-0.2, -0.15) is 0 Å². The normalized spacial score (nSPS) is 15.8. The van der Waals surface area contributed by atoms with Gasteiger partial charge in [-0.05, 0) is 54.7 Å². The Morgan fingerprint density at radius 3 is 2.79 bits per heavy atom. The number of amides is 2. The zero-order chi connectivity index (χ0) is 19.2. The molecule has 1 saturated heterocycles. The van der Waals surface area contributed by atoms with Crippen LogP contribution < -0.4 is 20.3 Å². The number of hydrogen-bond acceptors (Lipinski definition) is 4.